The third-order valence-electron chi connectivity index (χ3n) is 3.16. The molecule has 1 aromatic heterocycles. The molecule has 0 aliphatic heterocycles. The maximum atomic E-state index is 12.1. The first kappa shape index (κ1) is 15.0. The molecule has 5 nitrogen and oxygen atoms in total. The minimum Gasteiger partial charge on any atom is -0.435 e. The fraction of sp³-hybridized carbons (Fsp3) is 0.125. The molecule has 1 amide bonds. The van der Waals surface area contributed by atoms with Crippen LogP contribution < -0.4 is 10.1 Å². The first-order valence-corrected chi connectivity index (χ1v) is 6.88. The van der Waals surface area contributed by atoms with E-state index < -0.39 is 6.61 Å². The number of H-pyrrole nitrogens is 1. The van der Waals surface area contributed by atoms with Crippen molar-refractivity contribution in [3.8, 4) is 5.75 Å². The number of nitrogens with zero attached hydrogens (tertiary/aromatic N) is 1. The number of hydrogen-bond donors (Lipinski definition) is 2. The molecule has 0 aliphatic rings. The zero-order chi connectivity index (χ0) is 16.2. The Kier molecular flexibility index (Phi) is 4.18. The monoisotopic (exact) mass is 317 g/mol. The smallest absolute Gasteiger partial charge is 0.387 e. The maximum Gasteiger partial charge on any atom is 0.387 e. The van der Waals surface area contributed by atoms with E-state index in [0.29, 0.717) is 11.5 Å². The van der Waals surface area contributed by atoms with Gasteiger partial charge < -0.3 is 9.72 Å². The van der Waals surface area contributed by atoms with Crippen molar-refractivity contribution in [2.45, 2.75) is 13.0 Å². The predicted octanol–water partition coefficient (Wildman–Crippen LogP) is 3.35. The Labute approximate surface area is 130 Å². The van der Waals surface area contributed by atoms with E-state index in [1.807, 2.05) is 24.3 Å². The molecule has 7 heteroatoms. The van der Waals surface area contributed by atoms with E-state index in [9.17, 15) is 13.6 Å². The number of rotatable bonds is 5. The SMILES string of the molecule is O=C(Cc1ccc(OC(F)F)cc1)Nc1nc2ccccc2[nH]1. The molecule has 0 radical (unpaired) electrons. The van der Waals surface area contributed by atoms with Crippen LogP contribution in [0, 0.1) is 0 Å². The molecule has 3 aromatic rings. The molecule has 2 N–H and O–H groups in total. The number of aromatic amines is 1. The molecule has 23 heavy (non-hydrogen) atoms. The highest BCUT2D eigenvalue weighted by molar-refractivity contribution is 5.92. The van der Waals surface area contributed by atoms with Crippen LogP contribution in [0.25, 0.3) is 11.0 Å². The molecule has 0 unspecified atom stereocenters. The first-order valence-electron chi connectivity index (χ1n) is 6.88. The van der Waals surface area contributed by atoms with E-state index in [4.69, 9.17) is 0 Å². The predicted molar refractivity (Wildman–Crippen MR) is 81.5 cm³/mol. The van der Waals surface area contributed by atoms with Crippen molar-refractivity contribution in [3.05, 3.63) is 54.1 Å². The number of carbonyl (C=O) groups is 1. The Morgan fingerprint density at radius 3 is 2.61 bits per heavy atom. The molecule has 0 spiro atoms. The van der Waals surface area contributed by atoms with E-state index in [0.717, 1.165) is 11.0 Å². The number of anilines is 1. The molecule has 0 atom stereocenters. The second kappa shape index (κ2) is 6.43. The quantitative estimate of drug-likeness (QED) is 0.758. The van der Waals surface area contributed by atoms with Crippen molar-refractivity contribution in [2.75, 3.05) is 5.32 Å². The van der Waals surface area contributed by atoms with Crippen molar-refractivity contribution in [3.63, 3.8) is 0 Å². The lowest BCUT2D eigenvalue weighted by Crippen LogP contribution is -2.15. The third-order valence-corrected chi connectivity index (χ3v) is 3.16. The Bertz CT molecular complexity index is 783. The Balaban J connectivity index is 1.62. The van der Waals surface area contributed by atoms with E-state index in [-0.39, 0.29) is 18.1 Å². The van der Waals surface area contributed by atoms with Gasteiger partial charge in [-0.1, -0.05) is 24.3 Å². The number of nitrogens with one attached hydrogen (secondary N) is 2. The Hall–Kier alpha value is -2.96. The molecule has 0 saturated heterocycles. The van der Waals surface area contributed by atoms with Crippen LogP contribution in [0.4, 0.5) is 14.7 Å². The van der Waals surface area contributed by atoms with Crippen LogP contribution in [0.5, 0.6) is 5.75 Å². The van der Waals surface area contributed by atoms with Gasteiger partial charge in [0, 0.05) is 0 Å². The highest BCUT2D eigenvalue weighted by Crippen LogP contribution is 2.16. The average molecular weight is 317 g/mol. The van der Waals surface area contributed by atoms with Gasteiger partial charge in [-0.05, 0) is 29.8 Å². The van der Waals surface area contributed by atoms with Gasteiger partial charge in [0.05, 0.1) is 17.5 Å². The van der Waals surface area contributed by atoms with Gasteiger partial charge in [0.2, 0.25) is 11.9 Å². The summed E-state index contributed by atoms with van der Waals surface area (Å²) < 4.78 is 28.4. The lowest BCUT2D eigenvalue weighted by molar-refractivity contribution is -0.115. The molecule has 0 saturated carbocycles. The van der Waals surface area contributed by atoms with Gasteiger partial charge in [-0.2, -0.15) is 8.78 Å². The highest BCUT2D eigenvalue weighted by Gasteiger charge is 2.09. The number of benzene rings is 2. The van der Waals surface area contributed by atoms with E-state index >= 15 is 0 Å². The zero-order valence-electron chi connectivity index (χ0n) is 11.9. The summed E-state index contributed by atoms with van der Waals surface area (Å²) in [5.41, 5.74) is 2.27. The lowest BCUT2D eigenvalue weighted by Gasteiger charge is -2.06. The van der Waals surface area contributed by atoms with E-state index in [1.54, 1.807) is 12.1 Å². The van der Waals surface area contributed by atoms with Gasteiger partial charge in [-0.25, -0.2) is 4.98 Å². The van der Waals surface area contributed by atoms with Gasteiger partial charge in [0.1, 0.15) is 5.75 Å². The fourth-order valence-corrected chi connectivity index (χ4v) is 2.16. The van der Waals surface area contributed by atoms with Crippen molar-refractivity contribution in [1.29, 1.82) is 0 Å². The Morgan fingerprint density at radius 1 is 1.17 bits per heavy atom. The summed E-state index contributed by atoms with van der Waals surface area (Å²) in [5, 5.41) is 2.67. The number of fused-ring (bicyclic) bond motifs is 1. The number of hydrogen-bond acceptors (Lipinski definition) is 3. The summed E-state index contributed by atoms with van der Waals surface area (Å²) in [6.07, 6.45) is 0.103. The third kappa shape index (κ3) is 3.82. The standard InChI is InChI=1S/C16H13F2N3O2/c17-15(18)23-11-7-5-10(6-8-11)9-14(22)21-16-19-12-3-1-2-4-13(12)20-16/h1-8,15H,9H2,(H2,19,20,21,22). The zero-order valence-corrected chi connectivity index (χ0v) is 11.9. The summed E-state index contributed by atoms with van der Waals surface area (Å²) in [6.45, 7) is -2.86. The number of para-hydroxylation sites is 2. The van der Waals surface area contributed by atoms with Crippen LogP contribution in [0.2, 0.25) is 0 Å². The van der Waals surface area contributed by atoms with Gasteiger partial charge in [0.25, 0.3) is 0 Å². The number of carbonyl (C=O) groups excluding carboxylic acids is 1. The van der Waals surface area contributed by atoms with Crippen molar-refractivity contribution in [1.82, 2.24) is 9.97 Å². The minimum absolute atomic E-state index is 0.0569. The number of ether oxygens (including phenoxy) is 1. The van der Waals surface area contributed by atoms with Crippen LogP contribution in [0.15, 0.2) is 48.5 Å². The van der Waals surface area contributed by atoms with Gasteiger partial charge in [0.15, 0.2) is 0 Å². The fourth-order valence-electron chi connectivity index (χ4n) is 2.16. The first-order chi connectivity index (χ1) is 11.1. The van der Waals surface area contributed by atoms with Gasteiger partial charge in [-0.15, -0.1) is 0 Å². The summed E-state index contributed by atoms with van der Waals surface area (Å²) in [7, 11) is 0. The van der Waals surface area contributed by atoms with Gasteiger partial charge in [-0.3, -0.25) is 10.1 Å². The van der Waals surface area contributed by atoms with E-state index in [1.165, 1.54) is 12.1 Å². The summed E-state index contributed by atoms with van der Waals surface area (Å²) in [5.74, 6) is 0.168. The summed E-state index contributed by atoms with van der Waals surface area (Å²) in [4.78, 5) is 19.2. The van der Waals surface area contributed by atoms with Crippen LogP contribution in [-0.4, -0.2) is 22.5 Å². The Morgan fingerprint density at radius 2 is 1.91 bits per heavy atom. The molecule has 0 fully saturated rings. The number of halogens is 2. The van der Waals surface area contributed by atoms with Crippen LogP contribution in [-0.2, 0) is 11.2 Å². The largest absolute Gasteiger partial charge is 0.435 e. The number of alkyl halides is 2. The summed E-state index contributed by atoms with van der Waals surface area (Å²) >= 11 is 0. The van der Waals surface area contributed by atoms with Crippen LogP contribution >= 0.6 is 0 Å². The van der Waals surface area contributed by atoms with Crippen molar-refractivity contribution < 1.29 is 18.3 Å². The molecular formula is C16H13F2N3O2. The van der Waals surface area contributed by atoms with Crippen molar-refractivity contribution >= 4 is 22.9 Å². The summed E-state index contributed by atoms with van der Waals surface area (Å²) in [6, 6.07) is 13.4. The number of imidazole rings is 1. The van der Waals surface area contributed by atoms with Crippen LogP contribution in [0.1, 0.15) is 5.56 Å². The minimum atomic E-state index is -2.86. The molecule has 118 valence electrons. The molecular weight excluding hydrogens is 304 g/mol. The lowest BCUT2D eigenvalue weighted by atomic mass is 10.1. The van der Waals surface area contributed by atoms with Crippen molar-refractivity contribution in [2.24, 2.45) is 0 Å². The average Bonchev–Trinajstić information content (AvgIpc) is 2.90. The molecule has 0 bridgehead atoms. The topological polar surface area (TPSA) is 67.0 Å². The highest BCUT2D eigenvalue weighted by atomic mass is 19.3. The molecule has 3 rings (SSSR count). The maximum absolute atomic E-state index is 12.1. The molecule has 2 aromatic carbocycles. The van der Waals surface area contributed by atoms with Gasteiger partial charge >= 0.3 is 6.61 Å². The van der Waals surface area contributed by atoms with Crippen LogP contribution in [0.3, 0.4) is 0 Å². The van der Waals surface area contributed by atoms with E-state index in [2.05, 4.69) is 20.0 Å². The second-order valence-electron chi connectivity index (χ2n) is 4.85. The molecule has 0 aliphatic carbocycles. The second-order valence-corrected chi connectivity index (χ2v) is 4.85. The normalized spacial score (nSPS) is 10.9. The number of amides is 1. The molecule has 1 heterocycles. The number of aromatic nitrogens is 2.